The zero-order chi connectivity index (χ0) is 17.2. The molecule has 0 spiro atoms. The second-order valence-electron chi connectivity index (χ2n) is 6.70. The van der Waals surface area contributed by atoms with E-state index in [4.69, 9.17) is 14.2 Å². The van der Waals surface area contributed by atoms with Gasteiger partial charge in [-0.3, -0.25) is 0 Å². The van der Waals surface area contributed by atoms with E-state index in [9.17, 15) is 4.39 Å². The van der Waals surface area contributed by atoms with Crippen molar-refractivity contribution in [3.8, 4) is 23.0 Å². The van der Waals surface area contributed by atoms with Crippen LogP contribution in [0.5, 0.6) is 23.0 Å². The van der Waals surface area contributed by atoms with Crippen LogP contribution < -0.4 is 19.5 Å². The molecule has 0 saturated carbocycles. The van der Waals surface area contributed by atoms with Crippen molar-refractivity contribution in [3.63, 3.8) is 0 Å². The molecule has 4 nitrogen and oxygen atoms in total. The van der Waals surface area contributed by atoms with E-state index in [0.29, 0.717) is 23.6 Å². The normalized spacial score (nSPS) is 24.8. The summed E-state index contributed by atoms with van der Waals surface area (Å²) in [5, 5.41) is 3.56. The molecule has 2 heterocycles. The van der Waals surface area contributed by atoms with Gasteiger partial charge in [0.25, 0.3) is 0 Å². The third-order valence-corrected chi connectivity index (χ3v) is 4.90. The summed E-state index contributed by atoms with van der Waals surface area (Å²) in [5.74, 6) is 1.02. The van der Waals surface area contributed by atoms with Gasteiger partial charge in [0.15, 0.2) is 11.5 Å². The van der Waals surface area contributed by atoms with E-state index in [2.05, 4.69) is 5.32 Å². The van der Waals surface area contributed by atoms with Crippen molar-refractivity contribution in [2.45, 2.75) is 43.9 Å². The number of para-hydroxylation sites is 1. The summed E-state index contributed by atoms with van der Waals surface area (Å²) >= 11 is 0. The van der Waals surface area contributed by atoms with Gasteiger partial charge in [-0.05, 0) is 37.8 Å². The van der Waals surface area contributed by atoms with Gasteiger partial charge in [-0.15, -0.1) is 0 Å². The first-order chi connectivity index (χ1) is 12.2. The highest BCUT2D eigenvalue weighted by Gasteiger charge is 2.35. The summed E-state index contributed by atoms with van der Waals surface area (Å²) in [6.45, 7) is 0. The second-order valence-corrected chi connectivity index (χ2v) is 6.70. The van der Waals surface area contributed by atoms with Crippen molar-refractivity contribution in [3.05, 3.63) is 48.3 Å². The largest absolute Gasteiger partial charge is 0.493 e. The Kier molecular flexibility index (Phi) is 4.49. The third-order valence-electron chi connectivity index (χ3n) is 4.90. The first kappa shape index (κ1) is 16.2. The number of ether oxygens (including phenoxy) is 3. The van der Waals surface area contributed by atoms with Gasteiger partial charge in [-0.1, -0.05) is 18.2 Å². The first-order valence-corrected chi connectivity index (χ1v) is 8.74. The van der Waals surface area contributed by atoms with Crippen LogP contribution in [0.3, 0.4) is 0 Å². The van der Waals surface area contributed by atoms with Crippen LogP contribution in [-0.2, 0) is 0 Å². The van der Waals surface area contributed by atoms with Gasteiger partial charge in [-0.2, -0.15) is 4.39 Å². The van der Waals surface area contributed by atoms with Crippen LogP contribution in [0.1, 0.15) is 25.7 Å². The van der Waals surface area contributed by atoms with E-state index in [1.807, 2.05) is 30.3 Å². The lowest BCUT2D eigenvalue weighted by Crippen LogP contribution is -2.42. The smallest absolute Gasteiger partial charge is 0.207 e. The molecule has 2 aromatic rings. The van der Waals surface area contributed by atoms with Gasteiger partial charge in [0, 0.05) is 24.2 Å². The molecule has 2 saturated heterocycles. The van der Waals surface area contributed by atoms with E-state index in [1.165, 1.54) is 20.0 Å². The lowest BCUT2D eigenvalue weighted by atomic mass is 10.0. The van der Waals surface area contributed by atoms with Crippen molar-refractivity contribution >= 4 is 0 Å². The molecule has 1 unspecified atom stereocenters. The van der Waals surface area contributed by atoms with E-state index in [-0.39, 0.29) is 17.6 Å². The van der Waals surface area contributed by atoms with Crippen molar-refractivity contribution < 1.29 is 18.6 Å². The first-order valence-electron chi connectivity index (χ1n) is 8.74. The minimum Gasteiger partial charge on any atom is -0.493 e. The highest BCUT2D eigenvalue weighted by molar-refractivity contribution is 5.45. The number of rotatable bonds is 5. The van der Waals surface area contributed by atoms with Gasteiger partial charge >= 0.3 is 0 Å². The molecule has 2 aliphatic heterocycles. The number of halogens is 1. The summed E-state index contributed by atoms with van der Waals surface area (Å²) in [4.78, 5) is 0. The lowest BCUT2D eigenvalue weighted by molar-refractivity contribution is 0.130. The number of hydrogen-bond acceptors (Lipinski definition) is 4. The van der Waals surface area contributed by atoms with Crippen LogP contribution in [0.15, 0.2) is 42.5 Å². The topological polar surface area (TPSA) is 39.7 Å². The zero-order valence-electron chi connectivity index (χ0n) is 14.2. The maximum atomic E-state index is 14.6. The number of benzene rings is 2. The molecule has 0 aliphatic carbocycles. The van der Waals surface area contributed by atoms with Crippen LogP contribution >= 0.6 is 0 Å². The Morgan fingerprint density at radius 3 is 2.32 bits per heavy atom. The SMILES string of the molecule is COc1cc(Oc2ccccc2)cc(OC2C[C@H]3CC[C@@H](C2)N3)c1F. The molecule has 2 aliphatic rings. The Morgan fingerprint density at radius 1 is 0.960 bits per heavy atom. The summed E-state index contributed by atoms with van der Waals surface area (Å²) in [6.07, 6.45) is 4.18. The molecule has 3 atom stereocenters. The average Bonchev–Trinajstić information content (AvgIpc) is 2.97. The number of methoxy groups -OCH3 is 1. The highest BCUT2D eigenvalue weighted by atomic mass is 19.1. The minimum absolute atomic E-state index is 0.0185. The van der Waals surface area contributed by atoms with E-state index >= 15 is 0 Å². The predicted octanol–water partition coefficient (Wildman–Crippen LogP) is 4.29. The van der Waals surface area contributed by atoms with Crippen LogP contribution in [0, 0.1) is 5.82 Å². The van der Waals surface area contributed by atoms with E-state index in [0.717, 1.165) is 12.8 Å². The van der Waals surface area contributed by atoms with Gasteiger partial charge in [-0.25, -0.2) is 0 Å². The standard InChI is InChI=1S/C20H22FNO3/c1-23-18-11-17(24-15-5-3-2-4-6-15)12-19(20(18)21)25-16-9-13-7-8-14(10-16)22-13/h2-6,11-14,16,22H,7-10H2,1H3/t13-,14+,16?. The molecule has 0 amide bonds. The molecule has 1 N–H and O–H groups in total. The summed E-state index contributed by atoms with van der Waals surface area (Å²) < 4.78 is 31.6. The number of nitrogens with one attached hydrogen (secondary N) is 1. The van der Waals surface area contributed by atoms with Gasteiger partial charge in [0.05, 0.1) is 7.11 Å². The molecule has 5 heteroatoms. The molecule has 132 valence electrons. The van der Waals surface area contributed by atoms with E-state index in [1.54, 1.807) is 12.1 Å². The maximum Gasteiger partial charge on any atom is 0.207 e. The Bertz CT molecular complexity index is 725. The Hall–Kier alpha value is -2.27. The monoisotopic (exact) mass is 343 g/mol. The number of piperidine rings is 1. The number of hydrogen-bond donors (Lipinski definition) is 1. The number of fused-ring (bicyclic) bond motifs is 2. The molecular formula is C20H22FNO3. The molecule has 2 aromatic carbocycles. The Labute approximate surface area is 146 Å². The molecule has 4 rings (SSSR count). The van der Waals surface area contributed by atoms with Gasteiger partial charge in [0.1, 0.15) is 17.6 Å². The van der Waals surface area contributed by atoms with E-state index < -0.39 is 5.82 Å². The molecule has 0 radical (unpaired) electrons. The van der Waals surface area contributed by atoms with Crippen LogP contribution in [0.2, 0.25) is 0 Å². The summed E-state index contributed by atoms with van der Waals surface area (Å²) in [6, 6.07) is 13.5. The lowest BCUT2D eigenvalue weighted by Gasteiger charge is -2.29. The van der Waals surface area contributed by atoms with Gasteiger partial charge in [0.2, 0.25) is 5.82 Å². The Morgan fingerprint density at radius 2 is 1.64 bits per heavy atom. The average molecular weight is 343 g/mol. The Balaban J connectivity index is 1.56. The predicted molar refractivity (Wildman–Crippen MR) is 93.1 cm³/mol. The second kappa shape index (κ2) is 6.92. The van der Waals surface area contributed by atoms with Crippen molar-refractivity contribution in [2.24, 2.45) is 0 Å². The van der Waals surface area contributed by atoms with Crippen molar-refractivity contribution in [1.29, 1.82) is 0 Å². The molecular weight excluding hydrogens is 321 g/mol. The van der Waals surface area contributed by atoms with Crippen LogP contribution in [0.25, 0.3) is 0 Å². The maximum absolute atomic E-state index is 14.6. The summed E-state index contributed by atoms with van der Waals surface area (Å²) in [7, 11) is 1.44. The van der Waals surface area contributed by atoms with Crippen LogP contribution in [-0.4, -0.2) is 25.3 Å². The highest BCUT2D eigenvalue weighted by Crippen LogP contribution is 2.37. The molecule has 0 aromatic heterocycles. The fraction of sp³-hybridized carbons (Fsp3) is 0.400. The summed E-state index contributed by atoms with van der Waals surface area (Å²) in [5.41, 5.74) is 0. The molecule has 2 fully saturated rings. The third kappa shape index (κ3) is 3.56. The molecule has 2 bridgehead atoms. The molecule has 25 heavy (non-hydrogen) atoms. The fourth-order valence-electron chi connectivity index (χ4n) is 3.75. The fourth-order valence-corrected chi connectivity index (χ4v) is 3.75. The zero-order valence-corrected chi connectivity index (χ0v) is 14.2. The van der Waals surface area contributed by atoms with Gasteiger partial charge < -0.3 is 19.5 Å². The minimum atomic E-state index is -0.478. The van der Waals surface area contributed by atoms with Crippen molar-refractivity contribution in [2.75, 3.05) is 7.11 Å². The van der Waals surface area contributed by atoms with Crippen LogP contribution in [0.4, 0.5) is 4.39 Å². The van der Waals surface area contributed by atoms with Crippen molar-refractivity contribution in [1.82, 2.24) is 5.32 Å². The quantitative estimate of drug-likeness (QED) is 0.879.